The molecule has 1 unspecified atom stereocenters. The molecule has 28 heavy (non-hydrogen) atoms. The maximum Gasteiger partial charge on any atom is 0.194 e. The third-order valence-corrected chi connectivity index (χ3v) is 6.14. The molecule has 3 aliphatic heterocycles. The number of aliphatic imine (C=N–C) groups is 1. The zero-order valence-corrected chi connectivity index (χ0v) is 17.3. The monoisotopic (exact) mass is 381 g/mol. The molecule has 1 N–H and O–H groups in total. The van der Waals surface area contributed by atoms with Crippen LogP contribution in [0.1, 0.15) is 31.7 Å². The van der Waals surface area contributed by atoms with Gasteiger partial charge in [0.1, 0.15) is 0 Å². The van der Waals surface area contributed by atoms with Gasteiger partial charge in [-0.2, -0.15) is 0 Å². The van der Waals surface area contributed by atoms with E-state index in [4.69, 9.17) is 4.99 Å². The fourth-order valence-electron chi connectivity index (χ4n) is 4.64. The average molecular weight is 382 g/mol. The summed E-state index contributed by atoms with van der Waals surface area (Å²) in [6, 6.07) is 8.85. The topological polar surface area (TPSA) is 34.1 Å². The van der Waals surface area contributed by atoms with Gasteiger partial charge in [-0.25, -0.2) is 4.99 Å². The quantitative estimate of drug-likeness (QED) is 0.467. The van der Waals surface area contributed by atoms with E-state index in [2.05, 4.69) is 63.4 Å². The minimum Gasteiger partial charge on any atom is -0.364 e. The van der Waals surface area contributed by atoms with Crippen molar-refractivity contribution in [2.45, 2.75) is 32.7 Å². The van der Waals surface area contributed by atoms with Crippen LogP contribution in [0.25, 0.3) is 0 Å². The summed E-state index contributed by atoms with van der Waals surface area (Å²) in [4.78, 5) is 12.5. The van der Waals surface area contributed by atoms with E-state index in [1.165, 1.54) is 50.1 Å². The normalized spacial score (nSPS) is 23.2. The van der Waals surface area contributed by atoms with E-state index in [0.29, 0.717) is 0 Å². The highest BCUT2D eigenvalue weighted by atomic mass is 15.3. The van der Waals surface area contributed by atoms with Gasteiger partial charge in [-0.15, -0.1) is 0 Å². The Hall–Kier alpha value is -2.01. The van der Waals surface area contributed by atoms with Crippen molar-refractivity contribution in [1.82, 2.24) is 15.1 Å². The molecule has 5 nitrogen and oxygen atoms in total. The number of nitrogens with zero attached hydrogens (tertiary/aromatic N) is 4. The van der Waals surface area contributed by atoms with Gasteiger partial charge in [0.15, 0.2) is 5.96 Å². The van der Waals surface area contributed by atoms with Crippen molar-refractivity contribution in [3.05, 3.63) is 42.0 Å². The van der Waals surface area contributed by atoms with Crippen LogP contribution in [0.15, 0.2) is 41.4 Å². The summed E-state index contributed by atoms with van der Waals surface area (Å²) in [7, 11) is 0. The summed E-state index contributed by atoms with van der Waals surface area (Å²) in [5.41, 5.74) is 2.59. The van der Waals surface area contributed by atoms with Crippen molar-refractivity contribution in [1.29, 1.82) is 0 Å². The Morgan fingerprint density at radius 1 is 1.14 bits per heavy atom. The third kappa shape index (κ3) is 4.88. The molecule has 152 valence electrons. The van der Waals surface area contributed by atoms with Gasteiger partial charge >= 0.3 is 0 Å². The Bertz CT molecular complexity index is 684. The van der Waals surface area contributed by atoms with Crippen LogP contribution in [0.3, 0.4) is 0 Å². The van der Waals surface area contributed by atoms with Crippen molar-refractivity contribution >= 4 is 11.6 Å². The Kier molecular flexibility index (Phi) is 6.53. The number of hydrogen-bond donors (Lipinski definition) is 1. The molecule has 1 aromatic carbocycles. The summed E-state index contributed by atoms with van der Waals surface area (Å²) in [5, 5.41) is 3.52. The average Bonchev–Trinajstić information content (AvgIpc) is 3.48. The van der Waals surface area contributed by atoms with Gasteiger partial charge in [-0.1, -0.05) is 24.3 Å². The molecule has 0 spiro atoms. The predicted octanol–water partition coefficient (Wildman–Crippen LogP) is 2.95. The smallest absolute Gasteiger partial charge is 0.194 e. The molecule has 0 aromatic heterocycles. The molecule has 2 fully saturated rings. The lowest BCUT2D eigenvalue weighted by Gasteiger charge is -2.23. The first-order valence-corrected chi connectivity index (χ1v) is 11.1. The van der Waals surface area contributed by atoms with Crippen molar-refractivity contribution in [2.24, 2.45) is 10.9 Å². The highest BCUT2D eigenvalue weighted by Crippen LogP contribution is 2.21. The molecule has 0 amide bonds. The van der Waals surface area contributed by atoms with Gasteiger partial charge in [0.05, 0.1) is 6.54 Å². The second-order valence-corrected chi connectivity index (χ2v) is 8.32. The van der Waals surface area contributed by atoms with Crippen molar-refractivity contribution in [3.63, 3.8) is 0 Å². The lowest BCUT2D eigenvalue weighted by molar-refractivity contribution is 0.281. The van der Waals surface area contributed by atoms with Gasteiger partial charge < -0.3 is 20.0 Å². The predicted molar refractivity (Wildman–Crippen MR) is 118 cm³/mol. The molecule has 2 saturated heterocycles. The Balaban J connectivity index is 1.36. The van der Waals surface area contributed by atoms with E-state index in [0.717, 1.165) is 51.1 Å². The van der Waals surface area contributed by atoms with Crippen LogP contribution in [-0.2, 0) is 6.54 Å². The SMILES string of the molecule is CCNC(=NCc1cccc(N2CC=CC2)c1)N1CCC(CN2CCCC2)C1. The van der Waals surface area contributed by atoms with Crippen LogP contribution in [0.5, 0.6) is 0 Å². The molecular formula is C23H35N5. The minimum atomic E-state index is 0.741. The zero-order chi connectivity index (χ0) is 19.2. The van der Waals surface area contributed by atoms with Gasteiger partial charge in [-0.3, -0.25) is 0 Å². The summed E-state index contributed by atoms with van der Waals surface area (Å²) >= 11 is 0. The number of benzene rings is 1. The third-order valence-electron chi connectivity index (χ3n) is 6.14. The maximum atomic E-state index is 4.98. The molecule has 0 aliphatic carbocycles. The maximum absolute atomic E-state index is 4.98. The first kappa shape index (κ1) is 19.3. The van der Waals surface area contributed by atoms with E-state index in [9.17, 15) is 0 Å². The van der Waals surface area contributed by atoms with Crippen LogP contribution in [0.2, 0.25) is 0 Å². The molecule has 4 rings (SSSR count). The van der Waals surface area contributed by atoms with Gasteiger partial charge in [0.2, 0.25) is 0 Å². The van der Waals surface area contributed by atoms with E-state index in [1.807, 2.05) is 0 Å². The fraction of sp³-hybridized carbons (Fsp3) is 0.609. The Labute approximate surface area is 170 Å². The lowest BCUT2D eigenvalue weighted by atomic mass is 10.1. The van der Waals surface area contributed by atoms with E-state index < -0.39 is 0 Å². The summed E-state index contributed by atoms with van der Waals surface area (Å²) in [6.45, 7) is 12.0. The minimum absolute atomic E-state index is 0.741. The van der Waals surface area contributed by atoms with E-state index in [1.54, 1.807) is 0 Å². The van der Waals surface area contributed by atoms with Gasteiger partial charge in [-0.05, 0) is 62.9 Å². The zero-order valence-electron chi connectivity index (χ0n) is 17.3. The molecule has 5 heteroatoms. The fourth-order valence-corrected chi connectivity index (χ4v) is 4.64. The van der Waals surface area contributed by atoms with Crippen LogP contribution >= 0.6 is 0 Å². The van der Waals surface area contributed by atoms with Crippen LogP contribution in [0, 0.1) is 5.92 Å². The highest BCUT2D eigenvalue weighted by molar-refractivity contribution is 5.80. The number of likely N-dealkylation sites (tertiary alicyclic amines) is 2. The molecule has 0 bridgehead atoms. The van der Waals surface area contributed by atoms with Gasteiger partial charge in [0.25, 0.3) is 0 Å². The van der Waals surface area contributed by atoms with Crippen molar-refractivity contribution < 1.29 is 0 Å². The van der Waals surface area contributed by atoms with Crippen molar-refractivity contribution in [3.8, 4) is 0 Å². The summed E-state index contributed by atoms with van der Waals surface area (Å²) in [6.07, 6.45) is 8.53. The molecule has 0 saturated carbocycles. The Morgan fingerprint density at radius 2 is 1.96 bits per heavy atom. The molecular weight excluding hydrogens is 346 g/mol. The standard InChI is InChI=1S/C23H35N5/c1-2-24-23(28-15-10-21(19-28)18-26-11-3-4-12-26)25-17-20-8-7-9-22(16-20)27-13-5-6-14-27/h5-9,16,21H,2-4,10-15,17-19H2,1H3,(H,24,25). The molecule has 3 aliphatic rings. The van der Waals surface area contributed by atoms with Crippen LogP contribution < -0.4 is 10.2 Å². The second-order valence-electron chi connectivity index (χ2n) is 8.32. The number of nitrogens with one attached hydrogen (secondary N) is 1. The second kappa shape index (κ2) is 9.46. The van der Waals surface area contributed by atoms with E-state index in [-0.39, 0.29) is 0 Å². The largest absolute Gasteiger partial charge is 0.364 e. The molecule has 1 atom stereocenters. The van der Waals surface area contributed by atoms with Crippen molar-refractivity contribution in [2.75, 3.05) is 57.3 Å². The first-order chi connectivity index (χ1) is 13.8. The number of anilines is 1. The molecule has 0 radical (unpaired) electrons. The molecule has 3 heterocycles. The van der Waals surface area contributed by atoms with Crippen LogP contribution in [-0.4, -0.2) is 68.1 Å². The number of hydrogen-bond acceptors (Lipinski definition) is 3. The summed E-state index contributed by atoms with van der Waals surface area (Å²) in [5.74, 6) is 1.87. The molecule has 1 aromatic rings. The van der Waals surface area contributed by atoms with Gasteiger partial charge in [0, 0.05) is 45.0 Å². The Morgan fingerprint density at radius 3 is 2.75 bits per heavy atom. The number of rotatable bonds is 6. The van der Waals surface area contributed by atoms with Crippen LogP contribution in [0.4, 0.5) is 5.69 Å². The van der Waals surface area contributed by atoms with E-state index >= 15 is 0 Å². The lowest BCUT2D eigenvalue weighted by Crippen LogP contribution is -2.40. The number of guanidine groups is 1. The first-order valence-electron chi connectivity index (χ1n) is 11.1. The summed E-state index contributed by atoms with van der Waals surface area (Å²) < 4.78 is 0. The highest BCUT2D eigenvalue weighted by Gasteiger charge is 2.27.